The van der Waals surface area contributed by atoms with Gasteiger partial charge in [0.2, 0.25) is 0 Å². The third-order valence-corrected chi connectivity index (χ3v) is 11.0. The molecule has 0 atom stereocenters. The van der Waals surface area contributed by atoms with Gasteiger partial charge in [0.1, 0.15) is 6.54 Å². The van der Waals surface area contributed by atoms with Gasteiger partial charge in [-0.15, -0.1) is 12.4 Å². The molecule has 0 amide bonds. The molecule has 0 aliphatic carbocycles. The number of halogens is 1. The Labute approximate surface area is 343 Å². The Morgan fingerprint density at radius 2 is 0.571 bits per heavy atom. The van der Waals surface area contributed by atoms with Crippen LogP contribution in [0, 0.1) is 0 Å². The Morgan fingerprint density at radius 1 is 0.327 bits per heavy atom. The van der Waals surface area contributed by atoms with Crippen LogP contribution in [-0.4, -0.2) is 11.5 Å². The van der Waals surface area contributed by atoms with E-state index < -0.39 is 0 Å². The zero-order valence-corrected chi connectivity index (χ0v) is 37.9. The van der Waals surface area contributed by atoms with Crippen molar-refractivity contribution in [2.45, 2.75) is 246 Å². The number of thioether (sulfide) groups is 1. The Kier molecular flexibility index (Phi) is 56.2. The van der Waals surface area contributed by atoms with Crippen LogP contribution in [0.5, 0.6) is 0 Å². The predicted octanol–water partition coefficient (Wildman–Crippen LogP) is 13.4. The minimum absolute atomic E-state index is 0. The molecular formula is C45H89ClNNaS+2. The molecule has 0 spiro atoms. The number of nitrogens with zero attached hydrogens (tertiary/aromatic N) is 1. The molecule has 0 N–H and O–H groups in total. The van der Waals surface area contributed by atoms with Crippen molar-refractivity contribution in [3.05, 3.63) is 30.6 Å². The van der Waals surface area contributed by atoms with E-state index in [1.807, 2.05) is 0 Å². The number of aryl methyl sites for hydroxylation is 1. The number of unbranched alkanes of at least 4 members (excludes halogenated alkanes) is 31. The van der Waals surface area contributed by atoms with E-state index in [-0.39, 0.29) is 42.0 Å². The van der Waals surface area contributed by atoms with Gasteiger partial charge in [-0.25, -0.2) is 4.57 Å². The van der Waals surface area contributed by atoms with Crippen LogP contribution in [0.25, 0.3) is 0 Å². The first-order chi connectivity index (χ1) is 23.3. The summed E-state index contributed by atoms with van der Waals surface area (Å²) in [6.07, 6.45) is 53.6. The van der Waals surface area contributed by atoms with Gasteiger partial charge in [0, 0.05) is 18.6 Å². The van der Waals surface area contributed by atoms with Crippen molar-refractivity contribution in [2.75, 3.05) is 11.5 Å². The van der Waals surface area contributed by atoms with Crippen LogP contribution in [-0.2, 0) is 6.54 Å². The summed E-state index contributed by atoms with van der Waals surface area (Å²) in [4.78, 5) is 0. The van der Waals surface area contributed by atoms with E-state index in [0.717, 1.165) is 0 Å². The van der Waals surface area contributed by atoms with Crippen molar-refractivity contribution in [1.82, 2.24) is 0 Å². The molecule has 0 unspecified atom stereocenters. The summed E-state index contributed by atoms with van der Waals surface area (Å²) < 4.78 is 2.29. The summed E-state index contributed by atoms with van der Waals surface area (Å²) >= 11 is 2.21. The van der Waals surface area contributed by atoms with Crippen LogP contribution in [0.1, 0.15) is 239 Å². The van der Waals surface area contributed by atoms with Crippen LogP contribution in [0.15, 0.2) is 30.6 Å². The number of hydrogen-bond acceptors (Lipinski definition) is 1. The molecule has 0 aliphatic rings. The van der Waals surface area contributed by atoms with Crippen molar-refractivity contribution in [3.8, 4) is 0 Å². The molecular weight excluding hydrogens is 645 g/mol. The molecule has 0 saturated heterocycles. The second-order valence-electron chi connectivity index (χ2n) is 14.7. The normalized spacial score (nSPS) is 10.7. The van der Waals surface area contributed by atoms with E-state index >= 15 is 0 Å². The average Bonchev–Trinajstić information content (AvgIpc) is 3.10. The summed E-state index contributed by atoms with van der Waals surface area (Å²) in [5.41, 5.74) is 0. The van der Waals surface area contributed by atoms with Crippen LogP contribution in [0.4, 0.5) is 0 Å². The van der Waals surface area contributed by atoms with E-state index in [4.69, 9.17) is 0 Å². The molecule has 0 fully saturated rings. The van der Waals surface area contributed by atoms with Crippen molar-refractivity contribution in [2.24, 2.45) is 0 Å². The van der Waals surface area contributed by atoms with Gasteiger partial charge in [-0.1, -0.05) is 219 Å². The van der Waals surface area contributed by atoms with Crippen LogP contribution < -0.4 is 34.1 Å². The molecule has 1 nitrogen and oxygen atoms in total. The first-order valence-corrected chi connectivity index (χ1v) is 23.0. The number of hydrogen-bond donors (Lipinski definition) is 0. The maximum Gasteiger partial charge on any atom is 1.00 e. The standard InChI is InChI=1S/C24H50S.C21H38N.ClH.Na/c1-3-5-7-9-11-13-15-17-19-21-23-25-24-22-20-18-16-14-12-10-8-6-4-2;1-2-3-4-5-6-7-8-9-10-11-12-13-14-16-19-22-20-17-15-18-21-22;;/h3-24H2,1-2H3;15,17-18,20-21H,2-14,16,19H2,1H3;1H;/q;+1;;+1. The summed E-state index contributed by atoms with van der Waals surface area (Å²) in [5, 5.41) is 0. The monoisotopic (exact) mass is 734 g/mol. The van der Waals surface area contributed by atoms with Gasteiger partial charge >= 0.3 is 29.6 Å². The molecule has 0 radical (unpaired) electrons. The van der Waals surface area contributed by atoms with Gasteiger partial charge in [-0.3, -0.25) is 0 Å². The SMILES string of the molecule is CCCCCCCCCCCCCCCC[n+]1ccccc1.CCCCCCCCCCCCSCCCCCCCCCCCC.Cl.[Na+]. The third-order valence-electron chi connectivity index (χ3n) is 9.83. The van der Waals surface area contributed by atoms with Gasteiger partial charge in [-0.05, 0) is 30.8 Å². The first-order valence-electron chi connectivity index (χ1n) is 21.9. The molecule has 1 rings (SSSR count). The Morgan fingerprint density at radius 3 is 0.857 bits per heavy atom. The Balaban J connectivity index is -0.000000835. The zero-order valence-electron chi connectivity index (χ0n) is 34.3. The first kappa shape index (κ1) is 54.1. The molecule has 0 aliphatic heterocycles. The van der Waals surface area contributed by atoms with Crippen molar-refractivity contribution < 1.29 is 34.1 Å². The van der Waals surface area contributed by atoms with E-state index in [2.05, 4.69) is 67.7 Å². The maximum absolute atomic E-state index is 2.30. The number of rotatable bonds is 37. The van der Waals surface area contributed by atoms with Crippen molar-refractivity contribution in [3.63, 3.8) is 0 Å². The van der Waals surface area contributed by atoms with Crippen LogP contribution >= 0.6 is 24.2 Å². The largest absolute Gasteiger partial charge is 1.00 e. The van der Waals surface area contributed by atoms with Crippen molar-refractivity contribution >= 4 is 24.2 Å². The third kappa shape index (κ3) is 48.8. The Bertz CT molecular complexity index is 639. The smallest absolute Gasteiger partial charge is 0.205 e. The summed E-state index contributed by atoms with van der Waals surface area (Å²) in [6, 6.07) is 6.31. The Hall–Kier alpha value is 0.790. The topological polar surface area (TPSA) is 3.88 Å². The predicted molar refractivity (Wildman–Crippen MR) is 225 cm³/mol. The molecule has 49 heavy (non-hydrogen) atoms. The van der Waals surface area contributed by atoms with E-state index in [1.165, 1.54) is 236 Å². The molecule has 0 aromatic carbocycles. The van der Waals surface area contributed by atoms with Crippen LogP contribution in [0.3, 0.4) is 0 Å². The van der Waals surface area contributed by atoms with E-state index in [9.17, 15) is 0 Å². The second kappa shape index (κ2) is 50.9. The van der Waals surface area contributed by atoms with E-state index in [0.29, 0.717) is 0 Å². The molecule has 286 valence electrons. The zero-order chi connectivity index (χ0) is 34.0. The average molecular weight is 735 g/mol. The molecule has 1 aromatic rings. The van der Waals surface area contributed by atoms with Gasteiger partial charge < -0.3 is 0 Å². The van der Waals surface area contributed by atoms with Gasteiger partial charge in [-0.2, -0.15) is 11.8 Å². The minimum Gasteiger partial charge on any atom is -0.205 e. The fraction of sp³-hybridized carbons (Fsp3) is 0.889. The fourth-order valence-electron chi connectivity index (χ4n) is 6.56. The van der Waals surface area contributed by atoms with Gasteiger partial charge in [0.15, 0.2) is 12.4 Å². The number of aromatic nitrogens is 1. The summed E-state index contributed by atoms with van der Waals surface area (Å²) in [7, 11) is 0. The van der Waals surface area contributed by atoms with Crippen LogP contribution in [0.2, 0.25) is 0 Å². The second-order valence-corrected chi connectivity index (χ2v) is 15.9. The molecule has 4 heteroatoms. The minimum atomic E-state index is 0. The summed E-state index contributed by atoms with van der Waals surface area (Å²) in [6.45, 7) is 8.07. The molecule has 1 heterocycles. The molecule has 0 bridgehead atoms. The summed E-state index contributed by atoms with van der Waals surface area (Å²) in [5.74, 6) is 2.82. The fourth-order valence-corrected chi connectivity index (χ4v) is 7.58. The van der Waals surface area contributed by atoms with Gasteiger partial charge in [0.25, 0.3) is 0 Å². The van der Waals surface area contributed by atoms with Gasteiger partial charge in [0.05, 0.1) is 0 Å². The van der Waals surface area contributed by atoms with Crippen molar-refractivity contribution in [1.29, 1.82) is 0 Å². The number of pyridine rings is 1. The maximum atomic E-state index is 2.30. The molecule has 0 saturated carbocycles. The molecule has 1 aromatic heterocycles. The van der Waals surface area contributed by atoms with E-state index in [1.54, 1.807) is 0 Å². The quantitative estimate of drug-likeness (QED) is 0.0374.